The van der Waals surface area contributed by atoms with Gasteiger partial charge in [-0.2, -0.15) is 0 Å². The van der Waals surface area contributed by atoms with Gasteiger partial charge in [-0.25, -0.2) is 9.97 Å². The van der Waals surface area contributed by atoms with Gasteiger partial charge < -0.3 is 14.8 Å². The molecule has 0 aliphatic carbocycles. The number of fused-ring (bicyclic) bond motifs is 2. The van der Waals surface area contributed by atoms with Gasteiger partial charge in [-0.3, -0.25) is 4.90 Å². The molecule has 1 N–H and O–H groups in total. The molecule has 0 spiro atoms. The highest BCUT2D eigenvalue weighted by atomic mass is 16.7. The molecular formula is C21H20N4O2. The molecule has 3 aromatic rings. The van der Waals surface area contributed by atoms with Crippen molar-refractivity contribution in [3.63, 3.8) is 0 Å². The van der Waals surface area contributed by atoms with Crippen molar-refractivity contribution < 1.29 is 9.47 Å². The molecular weight excluding hydrogens is 340 g/mol. The highest BCUT2D eigenvalue weighted by Gasteiger charge is 2.19. The molecule has 3 heterocycles. The SMILES string of the molecule is c1ccc(CN2CCc3nc(Nc4ccc5c(c4)OCO5)ncc3C2)cc1. The van der Waals surface area contributed by atoms with E-state index in [9.17, 15) is 0 Å². The first kappa shape index (κ1) is 16.1. The van der Waals surface area contributed by atoms with Crippen molar-refractivity contribution in [2.75, 3.05) is 18.7 Å². The molecule has 2 aliphatic heterocycles. The molecule has 0 amide bonds. The van der Waals surface area contributed by atoms with Crippen molar-refractivity contribution in [1.29, 1.82) is 0 Å². The topological polar surface area (TPSA) is 59.5 Å². The van der Waals surface area contributed by atoms with E-state index >= 15 is 0 Å². The number of hydrogen-bond acceptors (Lipinski definition) is 6. The zero-order valence-electron chi connectivity index (χ0n) is 14.9. The number of anilines is 2. The Balaban J connectivity index is 1.28. The summed E-state index contributed by atoms with van der Waals surface area (Å²) in [5.74, 6) is 2.13. The third-order valence-corrected chi connectivity index (χ3v) is 4.89. The normalized spacial score (nSPS) is 15.4. The Kier molecular flexibility index (Phi) is 4.10. The molecule has 136 valence electrons. The number of benzene rings is 2. The van der Waals surface area contributed by atoms with Gasteiger partial charge in [-0.1, -0.05) is 30.3 Å². The van der Waals surface area contributed by atoms with E-state index in [1.54, 1.807) is 0 Å². The molecule has 0 fully saturated rings. The zero-order chi connectivity index (χ0) is 18.1. The largest absolute Gasteiger partial charge is 0.454 e. The van der Waals surface area contributed by atoms with Gasteiger partial charge in [0.25, 0.3) is 0 Å². The molecule has 0 atom stereocenters. The van der Waals surface area contributed by atoms with E-state index in [1.807, 2.05) is 24.4 Å². The summed E-state index contributed by atoms with van der Waals surface area (Å²) in [7, 11) is 0. The van der Waals surface area contributed by atoms with Crippen molar-refractivity contribution in [3.8, 4) is 11.5 Å². The van der Waals surface area contributed by atoms with Crippen LogP contribution in [0.2, 0.25) is 0 Å². The van der Waals surface area contributed by atoms with E-state index in [1.165, 1.54) is 11.1 Å². The van der Waals surface area contributed by atoms with Crippen LogP contribution in [0, 0.1) is 0 Å². The van der Waals surface area contributed by atoms with E-state index < -0.39 is 0 Å². The molecule has 0 saturated heterocycles. The van der Waals surface area contributed by atoms with Crippen LogP contribution >= 0.6 is 0 Å². The van der Waals surface area contributed by atoms with Gasteiger partial charge >= 0.3 is 0 Å². The van der Waals surface area contributed by atoms with Gasteiger partial charge in [0.2, 0.25) is 12.7 Å². The van der Waals surface area contributed by atoms with E-state index in [0.29, 0.717) is 5.95 Å². The molecule has 6 nitrogen and oxygen atoms in total. The average Bonchev–Trinajstić information content (AvgIpc) is 3.17. The number of hydrogen-bond donors (Lipinski definition) is 1. The number of nitrogens with one attached hydrogen (secondary N) is 1. The van der Waals surface area contributed by atoms with Crippen LogP contribution in [0.1, 0.15) is 16.8 Å². The third-order valence-electron chi connectivity index (χ3n) is 4.89. The minimum atomic E-state index is 0.271. The fourth-order valence-corrected chi connectivity index (χ4v) is 3.51. The van der Waals surface area contributed by atoms with Crippen molar-refractivity contribution in [2.45, 2.75) is 19.5 Å². The van der Waals surface area contributed by atoms with E-state index in [2.05, 4.69) is 45.5 Å². The Labute approximate surface area is 157 Å². The van der Waals surface area contributed by atoms with E-state index in [4.69, 9.17) is 14.5 Å². The Bertz CT molecular complexity index is 962. The van der Waals surface area contributed by atoms with E-state index in [0.717, 1.165) is 48.9 Å². The standard InChI is InChI=1S/C21H20N4O2/c1-2-4-15(5-3-1)12-25-9-8-18-16(13-25)11-22-21(24-18)23-17-6-7-19-20(10-17)27-14-26-19/h1-7,10-11H,8-9,12-14H2,(H,22,23,24). The van der Waals surface area contributed by atoms with E-state index in [-0.39, 0.29) is 6.79 Å². The molecule has 0 radical (unpaired) electrons. The Morgan fingerprint density at radius 1 is 1.04 bits per heavy atom. The van der Waals surface area contributed by atoms with Gasteiger partial charge in [0.05, 0.1) is 5.69 Å². The number of ether oxygens (including phenoxy) is 2. The summed E-state index contributed by atoms with van der Waals surface area (Å²) >= 11 is 0. The lowest BCUT2D eigenvalue weighted by Crippen LogP contribution is -2.31. The number of nitrogens with zero attached hydrogens (tertiary/aromatic N) is 3. The third kappa shape index (κ3) is 3.44. The van der Waals surface area contributed by atoms with Crippen molar-refractivity contribution in [1.82, 2.24) is 14.9 Å². The maximum atomic E-state index is 5.42. The van der Waals surface area contributed by atoms with Crippen LogP contribution in [0.15, 0.2) is 54.7 Å². The first-order valence-corrected chi connectivity index (χ1v) is 9.11. The predicted molar refractivity (Wildman–Crippen MR) is 102 cm³/mol. The summed E-state index contributed by atoms with van der Waals surface area (Å²) in [5.41, 5.74) is 4.55. The average molecular weight is 360 g/mol. The van der Waals surface area contributed by atoms with Gasteiger partial charge in [-0.05, 0) is 17.7 Å². The number of rotatable bonds is 4. The predicted octanol–water partition coefficient (Wildman–Crippen LogP) is 3.51. The monoisotopic (exact) mass is 360 g/mol. The summed E-state index contributed by atoms with van der Waals surface area (Å²) in [4.78, 5) is 11.7. The fourth-order valence-electron chi connectivity index (χ4n) is 3.51. The van der Waals surface area contributed by atoms with Crippen LogP contribution in [0.3, 0.4) is 0 Å². The minimum Gasteiger partial charge on any atom is -0.454 e. The second-order valence-corrected chi connectivity index (χ2v) is 6.80. The maximum Gasteiger partial charge on any atom is 0.231 e. The van der Waals surface area contributed by atoms with Gasteiger partial charge in [0.15, 0.2) is 11.5 Å². The van der Waals surface area contributed by atoms with Gasteiger partial charge in [-0.15, -0.1) is 0 Å². The lowest BCUT2D eigenvalue weighted by atomic mass is 10.1. The summed E-state index contributed by atoms with van der Waals surface area (Å²) in [6.07, 6.45) is 2.87. The quantitative estimate of drug-likeness (QED) is 0.768. The van der Waals surface area contributed by atoms with Gasteiger partial charge in [0, 0.05) is 49.6 Å². The summed E-state index contributed by atoms with van der Waals surface area (Å²) in [6, 6.07) is 16.3. The van der Waals surface area contributed by atoms with Crippen LogP contribution in [0.5, 0.6) is 11.5 Å². The Morgan fingerprint density at radius 2 is 1.93 bits per heavy atom. The summed E-state index contributed by atoms with van der Waals surface area (Å²) < 4.78 is 10.8. The molecule has 0 bridgehead atoms. The summed E-state index contributed by atoms with van der Waals surface area (Å²) in [5, 5.41) is 3.26. The highest BCUT2D eigenvalue weighted by molar-refractivity contribution is 5.60. The molecule has 1 aromatic heterocycles. The fraction of sp³-hybridized carbons (Fsp3) is 0.238. The van der Waals surface area contributed by atoms with Crippen LogP contribution < -0.4 is 14.8 Å². The van der Waals surface area contributed by atoms with Gasteiger partial charge in [0.1, 0.15) is 0 Å². The van der Waals surface area contributed by atoms with Crippen molar-refractivity contribution in [2.24, 2.45) is 0 Å². The second kappa shape index (κ2) is 6.89. The highest BCUT2D eigenvalue weighted by Crippen LogP contribution is 2.34. The Morgan fingerprint density at radius 3 is 2.85 bits per heavy atom. The van der Waals surface area contributed by atoms with Crippen LogP contribution in [-0.2, 0) is 19.5 Å². The first-order chi connectivity index (χ1) is 13.3. The number of aromatic nitrogens is 2. The van der Waals surface area contributed by atoms with Crippen LogP contribution in [-0.4, -0.2) is 28.2 Å². The second-order valence-electron chi connectivity index (χ2n) is 6.80. The Hall–Kier alpha value is -3.12. The smallest absolute Gasteiger partial charge is 0.231 e. The first-order valence-electron chi connectivity index (χ1n) is 9.11. The molecule has 2 aliphatic rings. The lowest BCUT2D eigenvalue weighted by Gasteiger charge is -2.28. The van der Waals surface area contributed by atoms with Crippen molar-refractivity contribution >= 4 is 11.6 Å². The minimum absolute atomic E-state index is 0.271. The molecule has 0 saturated carbocycles. The zero-order valence-corrected chi connectivity index (χ0v) is 14.9. The molecule has 5 rings (SSSR count). The molecule has 27 heavy (non-hydrogen) atoms. The molecule has 2 aromatic carbocycles. The lowest BCUT2D eigenvalue weighted by molar-refractivity contribution is 0.174. The van der Waals surface area contributed by atoms with Crippen LogP contribution in [0.25, 0.3) is 0 Å². The maximum absolute atomic E-state index is 5.42. The van der Waals surface area contributed by atoms with Crippen molar-refractivity contribution in [3.05, 3.63) is 71.5 Å². The summed E-state index contributed by atoms with van der Waals surface area (Å²) in [6.45, 7) is 3.11. The molecule has 0 unspecified atom stereocenters. The van der Waals surface area contributed by atoms with Crippen LogP contribution in [0.4, 0.5) is 11.6 Å². The molecule has 6 heteroatoms.